The fourth-order valence-corrected chi connectivity index (χ4v) is 2.06. The molecule has 4 nitrogen and oxygen atoms in total. The summed E-state index contributed by atoms with van der Waals surface area (Å²) in [4.78, 5) is 12.1. The van der Waals surface area contributed by atoms with Crippen molar-refractivity contribution in [3.8, 4) is 0 Å². The molecule has 0 aromatic heterocycles. The van der Waals surface area contributed by atoms with Crippen LogP contribution in [0.1, 0.15) is 15.9 Å². The summed E-state index contributed by atoms with van der Waals surface area (Å²) in [6, 6.07) is 6.29. The summed E-state index contributed by atoms with van der Waals surface area (Å²) in [6.45, 7) is 1.76. The van der Waals surface area contributed by atoms with Crippen LogP contribution in [0, 0.1) is 18.6 Å². The quantitative estimate of drug-likeness (QED) is 0.600. The van der Waals surface area contributed by atoms with E-state index in [0.29, 0.717) is 17.3 Å². The molecule has 0 aliphatic carbocycles. The number of carbonyl (C=O) groups is 1. The van der Waals surface area contributed by atoms with Crippen molar-refractivity contribution in [2.75, 3.05) is 10.7 Å². The summed E-state index contributed by atoms with van der Waals surface area (Å²) < 4.78 is 26.6. The zero-order valence-corrected chi connectivity index (χ0v) is 11.8. The first-order valence-electron chi connectivity index (χ1n) is 5.95. The lowest BCUT2D eigenvalue weighted by atomic mass is 10.1. The largest absolute Gasteiger partial charge is 0.324 e. The smallest absolute Gasteiger partial charge is 0.255 e. The first kappa shape index (κ1) is 15.2. The van der Waals surface area contributed by atoms with Crippen LogP contribution in [0.3, 0.4) is 0 Å². The molecule has 0 saturated heterocycles. The maximum atomic E-state index is 13.6. The standard InChI is InChI=1S/C14H12ClF2N3O/c1-7-4-8(2-3-12(7)20-18)14(21)19-13-10(15)5-9(16)6-11(13)17/h2-6,20H,18H2,1H3,(H,19,21). The van der Waals surface area contributed by atoms with Gasteiger partial charge in [0.15, 0.2) is 5.82 Å². The number of nitrogens with one attached hydrogen (secondary N) is 2. The minimum Gasteiger partial charge on any atom is -0.324 e. The van der Waals surface area contributed by atoms with Crippen LogP contribution in [0.2, 0.25) is 5.02 Å². The van der Waals surface area contributed by atoms with Crippen LogP contribution in [0.15, 0.2) is 30.3 Å². The number of rotatable bonds is 3. The lowest BCUT2D eigenvalue weighted by Crippen LogP contribution is -2.15. The topological polar surface area (TPSA) is 67.2 Å². The van der Waals surface area contributed by atoms with Gasteiger partial charge in [-0.05, 0) is 36.8 Å². The molecule has 0 aliphatic heterocycles. The Morgan fingerprint density at radius 3 is 2.52 bits per heavy atom. The average molecular weight is 312 g/mol. The maximum Gasteiger partial charge on any atom is 0.255 e. The van der Waals surface area contributed by atoms with Gasteiger partial charge in [-0.1, -0.05) is 11.6 Å². The fourth-order valence-electron chi connectivity index (χ4n) is 1.81. The Hall–Kier alpha value is -2.18. The van der Waals surface area contributed by atoms with E-state index in [9.17, 15) is 13.6 Å². The van der Waals surface area contributed by atoms with Gasteiger partial charge in [-0.25, -0.2) is 8.78 Å². The summed E-state index contributed by atoms with van der Waals surface area (Å²) >= 11 is 5.72. The number of amides is 1. The molecule has 0 unspecified atom stereocenters. The second-order valence-corrected chi connectivity index (χ2v) is 4.78. The Balaban J connectivity index is 2.28. The molecule has 0 saturated carbocycles. The summed E-state index contributed by atoms with van der Waals surface area (Å²) in [6.07, 6.45) is 0. The predicted molar refractivity (Wildman–Crippen MR) is 78.3 cm³/mol. The highest BCUT2D eigenvalue weighted by Gasteiger charge is 2.14. The van der Waals surface area contributed by atoms with Gasteiger partial charge >= 0.3 is 0 Å². The van der Waals surface area contributed by atoms with Gasteiger partial charge in [0.25, 0.3) is 5.91 Å². The molecule has 0 radical (unpaired) electrons. The van der Waals surface area contributed by atoms with Crippen molar-refractivity contribution in [3.63, 3.8) is 0 Å². The number of carbonyl (C=O) groups excluding carboxylic acids is 1. The van der Waals surface area contributed by atoms with Crippen LogP contribution < -0.4 is 16.6 Å². The third-order valence-corrected chi connectivity index (χ3v) is 3.19. The molecule has 4 N–H and O–H groups in total. The monoisotopic (exact) mass is 311 g/mol. The third kappa shape index (κ3) is 3.29. The lowest BCUT2D eigenvalue weighted by Gasteiger charge is -2.10. The third-order valence-electron chi connectivity index (χ3n) is 2.89. The Kier molecular flexibility index (Phi) is 4.40. The molecule has 110 valence electrons. The number of anilines is 2. The summed E-state index contributed by atoms with van der Waals surface area (Å²) in [5.74, 6) is 2.99. The van der Waals surface area contributed by atoms with Gasteiger partial charge in [-0.3, -0.25) is 10.6 Å². The van der Waals surface area contributed by atoms with Crippen LogP contribution in [0.5, 0.6) is 0 Å². The number of hydrazine groups is 1. The molecule has 0 heterocycles. The van der Waals surface area contributed by atoms with Gasteiger partial charge in [0.05, 0.1) is 16.4 Å². The molecular weight excluding hydrogens is 300 g/mol. The van der Waals surface area contributed by atoms with E-state index in [0.717, 1.165) is 11.6 Å². The minimum absolute atomic E-state index is 0.210. The zero-order valence-electron chi connectivity index (χ0n) is 11.0. The fraction of sp³-hybridized carbons (Fsp3) is 0.0714. The molecule has 2 aromatic carbocycles. The number of halogens is 3. The van der Waals surface area contributed by atoms with Crippen molar-refractivity contribution in [1.82, 2.24) is 0 Å². The van der Waals surface area contributed by atoms with Crippen LogP contribution in [0.25, 0.3) is 0 Å². The van der Waals surface area contributed by atoms with Crippen molar-refractivity contribution in [2.45, 2.75) is 6.92 Å². The first-order valence-corrected chi connectivity index (χ1v) is 6.33. The van der Waals surface area contributed by atoms with Crippen LogP contribution in [-0.2, 0) is 0 Å². The second kappa shape index (κ2) is 6.07. The van der Waals surface area contributed by atoms with Crippen LogP contribution >= 0.6 is 11.6 Å². The van der Waals surface area contributed by atoms with Gasteiger partial charge in [0.1, 0.15) is 5.82 Å². The van der Waals surface area contributed by atoms with Crippen molar-refractivity contribution < 1.29 is 13.6 Å². The predicted octanol–water partition coefficient (Wildman–Crippen LogP) is 3.46. The summed E-state index contributed by atoms with van der Waals surface area (Å²) in [7, 11) is 0. The van der Waals surface area contributed by atoms with Gasteiger partial charge in [0, 0.05) is 11.6 Å². The van der Waals surface area contributed by atoms with E-state index in [2.05, 4.69) is 10.7 Å². The first-order chi connectivity index (χ1) is 9.92. The molecule has 0 bridgehead atoms. The van der Waals surface area contributed by atoms with Gasteiger partial charge < -0.3 is 10.7 Å². The molecule has 2 rings (SSSR count). The number of hydrogen-bond acceptors (Lipinski definition) is 3. The highest BCUT2D eigenvalue weighted by molar-refractivity contribution is 6.34. The summed E-state index contributed by atoms with van der Waals surface area (Å²) in [5, 5.41) is 2.11. The van der Waals surface area contributed by atoms with E-state index < -0.39 is 17.5 Å². The highest BCUT2D eigenvalue weighted by Crippen LogP contribution is 2.27. The lowest BCUT2D eigenvalue weighted by molar-refractivity contribution is 0.102. The SMILES string of the molecule is Cc1cc(C(=O)Nc2c(F)cc(F)cc2Cl)ccc1NN. The molecule has 0 aliphatic rings. The Labute approximate surface area is 124 Å². The van der Waals surface area contributed by atoms with Crippen LogP contribution in [-0.4, -0.2) is 5.91 Å². The highest BCUT2D eigenvalue weighted by atomic mass is 35.5. The molecule has 1 amide bonds. The Morgan fingerprint density at radius 1 is 1.24 bits per heavy atom. The van der Waals surface area contributed by atoms with E-state index >= 15 is 0 Å². The molecule has 0 spiro atoms. The van der Waals surface area contributed by atoms with Gasteiger partial charge in [-0.15, -0.1) is 0 Å². The molecule has 0 atom stereocenters. The number of nitrogen functional groups attached to an aromatic ring is 1. The molecule has 21 heavy (non-hydrogen) atoms. The van der Waals surface area contributed by atoms with E-state index in [1.807, 2.05) is 0 Å². The maximum absolute atomic E-state index is 13.6. The van der Waals surface area contributed by atoms with Gasteiger partial charge in [-0.2, -0.15) is 0 Å². The number of benzene rings is 2. The normalized spacial score (nSPS) is 10.3. The van der Waals surface area contributed by atoms with E-state index in [-0.39, 0.29) is 10.7 Å². The molecule has 0 fully saturated rings. The van der Waals surface area contributed by atoms with Crippen LogP contribution in [0.4, 0.5) is 20.2 Å². The van der Waals surface area contributed by atoms with Gasteiger partial charge in [0.2, 0.25) is 0 Å². The molecular formula is C14H12ClF2N3O. The minimum atomic E-state index is -0.940. The Bertz CT molecular complexity index is 684. The number of hydrogen-bond donors (Lipinski definition) is 3. The van der Waals surface area contributed by atoms with E-state index in [1.165, 1.54) is 6.07 Å². The second-order valence-electron chi connectivity index (χ2n) is 4.37. The van der Waals surface area contributed by atoms with E-state index in [1.54, 1.807) is 19.1 Å². The number of aryl methyl sites for hydroxylation is 1. The zero-order chi connectivity index (χ0) is 15.6. The van der Waals surface area contributed by atoms with Crippen molar-refractivity contribution >= 4 is 28.9 Å². The average Bonchev–Trinajstić information content (AvgIpc) is 2.42. The van der Waals surface area contributed by atoms with Crippen molar-refractivity contribution in [3.05, 3.63) is 58.1 Å². The number of nitrogens with two attached hydrogens (primary N) is 1. The molecule has 7 heteroatoms. The van der Waals surface area contributed by atoms with Crippen molar-refractivity contribution in [1.29, 1.82) is 0 Å². The Morgan fingerprint density at radius 2 is 1.95 bits per heavy atom. The molecule has 2 aromatic rings. The summed E-state index contributed by atoms with van der Waals surface area (Å²) in [5.41, 5.74) is 3.93. The van der Waals surface area contributed by atoms with E-state index in [4.69, 9.17) is 17.4 Å². The van der Waals surface area contributed by atoms with Crippen molar-refractivity contribution in [2.24, 2.45) is 5.84 Å².